The molecule has 3 saturated heterocycles. The topological polar surface area (TPSA) is 108 Å². The van der Waals surface area contributed by atoms with Crippen LogP contribution in [0, 0.1) is 0 Å². The summed E-state index contributed by atoms with van der Waals surface area (Å²) in [6.07, 6.45) is 0.997. The first-order chi connectivity index (χ1) is 17.0. The second kappa shape index (κ2) is 9.40. The monoisotopic (exact) mass is 476 g/mol. The Morgan fingerprint density at radius 3 is 2.60 bits per heavy atom. The van der Waals surface area contributed by atoms with E-state index in [1.54, 1.807) is 42.3 Å². The van der Waals surface area contributed by atoms with E-state index < -0.39 is 18.1 Å². The Morgan fingerprint density at radius 1 is 1.09 bits per heavy atom. The van der Waals surface area contributed by atoms with Gasteiger partial charge in [-0.25, -0.2) is 0 Å². The molecular formula is C26H28N4O5. The molecule has 4 amide bonds. The summed E-state index contributed by atoms with van der Waals surface area (Å²) in [5.41, 5.74) is 1.27. The van der Waals surface area contributed by atoms with E-state index in [-0.39, 0.29) is 42.6 Å². The van der Waals surface area contributed by atoms with Crippen LogP contribution in [0.4, 0.5) is 0 Å². The predicted molar refractivity (Wildman–Crippen MR) is 127 cm³/mol. The quantitative estimate of drug-likeness (QED) is 0.662. The maximum atomic E-state index is 13.6. The molecular weight excluding hydrogens is 448 g/mol. The summed E-state index contributed by atoms with van der Waals surface area (Å²) in [5, 5.41) is 5.95. The van der Waals surface area contributed by atoms with Crippen molar-refractivity contribution in [3.63, 3.8) is 0 Å². The lowest BCUT2D eigenvalue weighted by molar-refractivity contribution is -0.138. The Kier molecular flexibility index (Phi) is 6.15. The molecule has 0 spiro atoms. The van der Waals surface area contributed by atoms with Crippen molar-refractivity contribution in [3.05, 3.63) is 65.7 Å². The van der Waals surface area contributed by atoms with Crippen LogP contribution < -0.4 is 15.4 Å². The second-order valence-electron chi connectivity index (χ2n) is 9.21. The molecule has 3 heterocycles. The lowest BCUT2D eigenvalue weighted by atomic mass is 10.1. The lowest BCUT2D eigenvalue weighted by Crippen LogP contribution is -2.52. The number of ether oxygens (including phenoxy) is 1. The summed E-state index contributed by atoms with van der Waals surface area (Å²) in [7, 11) is 1.56. The summed E-state index contributed by atoms with van der Waals surface area (Å²) in [6, 6.07) is 14.0. The normalized spacial score (nSPS) is 25.4. The number of carbonyl (C=O) groups is 4. The molecule has 9 heteroatoms. The van der Waals surface area contributed by atoms with Crippen molar-refractivity contribution in [2.45, 2.75) is 43.4 Å². The van der Waals surface area contributed by atoms with Crippen LogP contribution in [0.15, 0.2) is 54.6 Å². The van der Waals surface area contributed by atoms with E-state index in [1.807, 2.05) is 24.3 Å². The van der Waals surface area contributed by atoms with Gasteiger partial charge in [-0.2, -0.15) is 0 Å². The highest BCUT2D eigenvalue weighted by atomic mass is 16.5. The van der Waals surface area contributed by atoms with E-state index in [0.29, 0.717) is 30.7 Å². The first-order valence-corrected chi connectivity index (χ1v) is 11.8. The molecule has 0 saturated carbocycles. The van der Waals surface area contributed by atoms with Gasteiger partial charge in [-0.15, -0.1) is 0 Å². The summed E-state index contributed by atoms with van der Waals surface area (Å²) in [6.45, 7) is 0.623. The van der Waals surface area contributed by atoms with Crippen LogP contribution in [0.5, 0.6) is 5.75 Å². The number of fused-ring (bicyclic) bond motifs is 2. The molecule has 3 aliphatic heterocycles. The number of benzene rings is 2. The number of carbonyl (C=O) groups excluding carboxylic acids is 4. The number of hydrogen-bond acceptors (Lipinski definition) is 5. The van der Waals surface area contributed by atoms with Crippen LogP contribution >= 0.6 is 0 Å². The molecule has 0 unspecified atom stereocenters. The highest BCUT2D eigenvalue weighted by molar-refractivity contribution is 6.00. The van der Waals surface area contributed by atoms with Crippen LogP contribution in [0.25, 0.3) is 0 Å². The van der Waals surface area contributed by atoms with Crippen LogP contribution in [-0.4, -0.2) is 77.8 Å². The first kappa shape index (κ1) is 22.9. The number of nitrogens with zero attached hydrogens (tertiary/aromatic N) is 2. The summed E-state index contributed by atoms with van der Waals surface area (Å²) in [4.78, 5) is 55.6. The largest absolute Gasteiger partial charge is 0.496 e. The molecule has 0 bridgehead atoms. The van der Waals surface area contributed by atoms with E-state index in [0.717, 1.165) is 5.56 Å². The minimum absolute atomic E-state index is 0.134. The molecule has 3 fully saturated rings. The van der Waals surface area contributed by atoms with Gasteiger partial charge in [0.15, 0.2) is 0 Å². The minimum Gasteiger partial charge on any atom is -0.496 e. The van der Waals surface area contributed by atoms with Crippen molar-refractivity contribution in [2.24, 2.45) is 0 Å². The minimum atomic E-state index is -0.750. The number of methoxy groups -OCH3 is 1. The lowest BCUT2D eigenvalue weighted by Gasteiger charge is -2.29. The van der Waals surface area contributed by atoms with Gasteiger partial charge in [0.1, 0.15) is 17.8 Å². The highest BCUT2D eigenvalue weighted by Gasteiger charge is 2.52. The number of nitrogens with one attached hydrogen (secondary N) is 2. The summed E-state index contributed by atoms with van der Waals surface area (Å²) in [5.74, 6) is -0.277. The van der Waals surface area contributed by atoms with Crippen LogP contribution in [0.1, 0.15) is 28.8 Å². The molecule has 35 heavy (non-hydrogen) atoms. The van der Waals surface area contributed by atoms with Crippen molar-refractivity contribution < 1.29 is 23.9 Å². The number of likely N-dealkylation sites (tertiary alicyclic amines) is 1. The molecule has 9 nitrogen and oxygen atoms in total. The average Bonchev–Trinajstić information content (AvgIpc) is 3.46. The zero-order valence-electron chi connectivity index (χ0n) is 19.5. The Bertz CT molecular complexity index is 1150. The van der Waals surface area contributed by atoms with E-state index in [2.05, 4.69) is 10.6 Å². The van der Waals surface area contributed by atoms with Crippen LogP contribution in [0.3, 0.4) is 0 Å². The predicted octanol–water partition coefficient (Wildman–Crippen LogP) is 0.737. The van der Waals surface area contributed by atoms with Gasteiger partial charge in [-0.05, 0) is 31.0 Å². The molecule has 4 atom stereocenters. The van der Waals surface area contributed by atoms with E-state index in [4.69, 9.17) is 4.74 Å². The van der Waals surface area contributed by atoms with Crippen molar-refractivity contribution in [1.82, 2.24) is 20.4 Å². The van der Waals surface area contributed by atoms with Gasteiger partial charge in [0, 0.05) is 30.3 Å². The fourth-order valence-electron chi connectivity index (χ4n) is 5.41. The molecule has 2 aromatic carbocycles. The number of hydrogen-bond donors (Lipinski definition) is 2. The molecule has 3 aliphatic rings. The van der Waals surface area contributed by atoms with E-state index in [9.17, 15) is 19.2 Å². The van der Waals surface area contributed by atoms with Gasteiger partial charge in [0.25, 0.3) is 5.91 Å². The molecule has 0 radical (unpaired) electrons. The standard InChI is InChI=1S/C26H28N4O5/c1-35-21-10-6-5-9-17(21)13-22(31)27-18-14-20-24(32)28-19-11-12-29(23(19)26(34)30(20)15-18)25(33)16-7-3-2-4-8-16/h2-10,18-20,23H,11-15H2,1H3,(H,27,31)(H,28,32)/t18-,19-,20+,23-/m0/s1. The zero-order chi connectivity index (χ0) is 24.5. The van der Waals surface area contributed by atoms with E-state index in [1.165, 1.54) is 4.90 Å². The third kappa shape index (κ3) is 4.34. The maximum Gasteiger partial charge on any atom is 0.254 e. The Labute approximate surface area is 203 Å². The van der Waals surface area contributed by atoms with Gasteiger partial charge in [-0.3, -0.25) is 19.2 Å². The van der Waals surface area contributed by atoms with Gasteiger partial charge in [0.05, 0.1) is 19.6 Å². The Hall–Kier alpha value is -3.88. The average molecular weight is 477 g/mol. The zero-order valence-corrected chi connectivity index (χ0v) is 19.5. The molecule has 5 rings (SSSR count). The number of amides is 4. The van der Waals surface area contributed by atoms with Crippen molar-refractivity contribution in [2.75, 3.05) is 20.2 Å². The smallest absolute Gasteiger partial charge is 0.254 e. The van der Waals surface area contributed by atoms with Crippen LogP contribution in [-0.2, 0) is 20.8 Å². The molecule has 2 aromatic rings. The first-order valence-electron chi connectivity index (χ1n) is 11.8. The second-order valence-corrected chi connectivity index (χ2v) is 9.21. The van der Waals surface area contributed by atoms with Gasteiger partial charge >= 0.3 is 0 Å². The number of para-hydroxylation sites is 1. The Balaban J connectivity index is 1.29. The molecule has 0 aromatic heterocycles. The summed E-state index contributed by atoms with van der Waals surface area (Å²) >= 11 is 0. The van der Waals surface area contributed by atoms with Crippen molar-refractivity contribution in [1.29, 1.82) is 0 Å². The van der Waals surface area contributed by atoms with Gasteiger partial charge in [0.2, 0.25) is 17.7 Å². The highest BCUT2D eigenvalue weighted by Crippen LogP contribution is 2.30. The molecule has 2 N–H and O–H groups in total. The molecule has 0 aliphatic carbocycles. The van der Waals surface area contributed by atoms with Gasteiger partial charge in [-0.1, -0.05) is 36.4 Å². The van der Waals surface area contributed by atoms with E-state index >= 15 is 0 Å². The summed E-state index contributed by atoms with van der Waals surface area (Å²) < 4.78 is 5.32. The maximum absolute atomic E-state index is 13.6. The Morgan fingerprint density at radius 2 is 1.83 bits per heavy atom. The van der Waals surface area contributed by atoms with Gasteiger partial charge < -0.3 is 25.2 Å². The molecule has 182 valence electrons. The third-order valence-corrected chi connectivity index (χ3v) is 7.06. The van der Waals surface area contributed by atoms with Crippen LogP contribution in [0.2, 0.25) is 0 Å². The SMILES string of the molecule is COc1ccccc1CC(=O)N[C@H]1C[C@@H]2C(=O)N[C@H]3CCN(C(=O)c4ccccc4)[C@@H]3C(=O)N2C1. The van der Waals surface area contributed by atoms with Crippen molar-refractivity contribution >= 4 is 23.6 Å². The number of rotatable bonds is 5. The fourth-order valence-corrected chi connectivity index (χ4v) is 5.41. The fraction of sp³-hybridized carbons (Fsp3) is 0.385. The third-order valence-electron chi connectivity index (χ3n) is 7.06. The van der Waals surface area contributed by atoms with Crippen molar-refractivity contribution in [3.8, 4) is 5.75 Å².